The molecule has 2 fully saturated rings. The first kappa shape index (κ1) is 33.1. The van der Waals surface area contributed by atoms with Gasteiger partial charge < -0.3 is 16.2 Å². The zero-order valence-electron chi connectivity index (χ0n) is 29.3. The smallest absolute Gasteiger partial charge is 0.306 e. The van der Waals surface area contributed by atoms with E-state index in [-0.39, 0.29) is 22.9 Å². The Balaban J connectivity index is 1.27. The van der Waals surface area contributed by atoms with E-state index < -0.39 is 0 Å². The summed E-state index contributed by atoms with van der Waals surface area (Å²) >= 11 is 0. The quantitative estimate of drug-likeness (QED) is 0.167. The van der Waals surface area contributed by atoms with E-state index in [1.54, 1.807) is 6.07 Å². The molecule has 0 heterocycles. The van der Waals surface area contributed by atoms with Crippen LogP contribution in [-0.4, -0.2) is 12.1 Å². The van der Waals surface area contributed by atoms with Crippen molar-refractivity contribution in [3.05, 3.63) is 46.6 Å². The molecular weight excluding hydrogens is 540 g/mol. The highest BCUT2D eigenvalue weighted by atomic mass is 16.5. The average molecular weight is 603 g/mol. The zero-order chi connectivity index (χ0) is 32.1. The number of carbonyl (C=O) groups is 1. The summed E-state index contributed by atoms with van der Waals surface area (Å²) in [7, 11) is 0. The lowest BCUT2D eigenvalue weighted by molar-refractivity contribution is -0.169. The van der Waals surface area contributed by atoms with E-state index in [4.69, 9.17) is 16.2 Å². The molecule has 0 spiro atoms. The lowest BCUT2D eigenvalue weighted by Crippen LogP contribution is -2.55. The third kappa shape index (κ3) is 5.77. The second-order valence-electron chi connectivity index (χ2n) is 16.9. The van der Waals surface area contributed by atoms with Crippen LogP contribution >= 0.6 is 0 Å². The molecule has 4 N–H and O–H groups in total. The molecule has 7 atom stereocenters. The molecule has 0 radical (unpaired) electrons. The van der Waals surface area contributed by atoms with E-state index in [2.05, 4.69) is 61.5 Å². The number of carbonyl (C=O) groups excluding carboxylic acids is 1. The van der Waals surface area contributed by atoms with Crippen LogP contribution in [0.4, 0.5) is 11.4 Å². The standard InChI is InChI=1S/C40H62N2O2/c1-26(2)11-9-12-27(3)31-17-21-40(8)33-15-16-34-37(4,5)35(19-20-38(34,6)32(33)18-22-39(31,40)7)44-36(43)14-10-13-28-23-29(41)25-30(42)24-28/h11,23-25,27,31,34-35H,9-10,12-22,41-42H2,1-8H3. The third-order valence-corrected chi connectivity index (χ3v) is 13.8. The van der Waals surface area contributed by atoms with Crippen molar-refractivity contribution in [2.75, 3.05) is 11.5 Å². The van der Waals surface area contributed by atoms with Crippen molar-refractivity contribution in [3.63, 3.8) is 0 Å². The molecule has 44 heavy (non-hydrogen) atoms. The minimum Gasteiger partial charge on any atom is -0.462 e. The van der Waals surface area contributed by atoms with E-state index in [1.165, 1.54) is 56.9 Å². The van der Waals surface area contributed by atoms with Crippen LogP contribution in [0.15, 0.2) is 41.0 Å². The molecule has 0 amide bonds. The van der Waals surface area contributed by atoms with Crippen LogP contribution in [0.5, 0.6) is 0 Å². The summed E-state index contributed by atoms with van der Waals surface area (Å²) in [6.45, 7) is 19.7. The van der Waals surface area contributed by atoms with Gasteiger partial charge in [0.1, 0.15) is 6.10 Å². The summed E-state index contributed by atoms with van der Waals surface area (Å²) in [6.07, 6.45) is 16.8. The second-order valence-corrected chi connectivity index (χ2v) is 16.9. The molecule has 5 rings (SSSR count). The predicted molar refractivity (Wildman–Crippen MR) is 185 cm³/mol. The van der Waals surface area contributed by atoms with Gasteiger partial charge in [0.05, 0.1) is 0 Å². The zero-order valence-corrected chi connectivity index (χ0v) is 29.3. The minimum absolute atomic E-state index is 0.0137. The summed E-state index contributed by atoms with van der Waals surface area (Å²) < 4.78 is 6.31. The van der Waals surface area contributed by atoms with Gasteiger partial charge in [0, 0.05) is 23.2 Å². The molecule has 4 heteroatoms. The molecule has 0 saturated heterocycles. The highest BCUT2D eigenvalue weighted by Gasteiger charge is 2.63. The number of aryl methyl sites for hydroxylation is 1. The number of ether oxygens (including phenoxy) is 1. The lowest BCUT2D eigenvalue weighted by Gasteiger charge is -2.62. The number of benzene rings is 1. The number of fused-ring (bicyclic) bond motifs is 4. The Morgan fingerprint density at radius 1 is 0.955 bits per heavy atom. The van der Waals surface area contributed by atoms with Gasteiger partial charge in [-0.2, -0.15) is 0 Å². The Hall–Kier alpha value is -2.23. The van der Waals surface area contributed by atoms with Crippen molar-refractivity contribution in [2.45, 2.75) is 145 Å². The van der Waals surface area contributed by atoms with Crippen LogP contribution < -0.4 is 11.5 Å². The molecule has 0 aromatic heterocycles. The second kappa shape index (κ2) is 12.2. The number of esters is 1. The molecule has 1 aromatic carbocycles. The Morgan fingerprint density at radius 3 is 2.34 bits per heavy atom. The fourth-order valence-electron chi connectivity index (χ4n) is 11.2. The number of rotatable bonds is 9. The molecule has 4 aliphatic carbocycles. The number of hydrogen-bond donors (Lipinski definition) is 2. The maximum Gasteiger partial charge on any atom is 0.306 e. The number of allylic oxidation sites excluding steroid dienone is 4. The first-order chi connectivity index (χ1) is 20.6. The largest absolute Gasteiger partial charge is 0.462 e. The van der Waals surface area contributed by atoms with Crippen molar-refractivity contribution < 1.29 is 9.53 Å². The van der Waals surface area contributed by atoms with Gasteiger partial charge in [0.2, 0.25) is 0 Å². The summed E-state index contributed by atoms with van der Waals surface area (Å²) in [4.78, 5) is 13.1. The Labute approximate surface area is 268 Å². The maximum absolute atomic E-state index is 13.1. The normalized spacial score (nSPS) is 34.9. The van der Waals surface area contributed by atoms with E-state index in [1.807, 2.05) is 23.3 Å². The molecule has 2 saturated carbocycles. The molecule has 0 bridgehead atoms. The summed E-state index contributed by atoms with van der Waals surface area (Å²) in [6, 6.07) is 5.67. The van der Waals surface area contributed by atoms with E-state index >= 15 is 0 Å². The van der Waals surface area contributed by atoms with Gasteiger partial charge in [-0.1, -0.05) is 64.3 Å². The SMILES string of the molecule is CC(C)=CCCC(C)C1CCC2(C)C3=C(CCC12C)C1(C)CCC(OC(=O)CCCc2cc(N)cc(N)c2)C(C)(C)C1CC3. The first-order valence-corrected chi connectivity index (χ1v) is 17.8. The first-order valence-electron chi connectivity index (χ1n) is 17.8. The topological polar surface area (TPSA) is 78.3 Å². The van der Waals surface area contributed by atoms with Crippen LogP contribution in [0, 0.1) is 39.4 Å². The van der Waals surface area contributed by atoms with Crippen LogP contribution in [0.25, 0.3) is 0 Å². The van der Waals surface area contributed by atoms with Crippen LogP contribution in [0.2, 0.25) is 0 Å². The van der Waals surface area contributed by atoms with E-state index in [9.17, 15) is 4.79 Å². The molecule has 244 valence electrons. The summed E-state index contributed by atoms with van der Waals surface area (Å²) in [5.74, 6) is 2.08. The van der Waals surface area contributed by atoms with Gasteiger partial charge in [-0.05, 0) is 149 Å². The van der Waals surface area contributed by atoms with Gasteiger partial charge >= 0.3 is 5.97 Å². The number of anilines is 2. The third-order valence-electron chi connectivity index (χ3n) is 13.8. The van der Waals surface area contributed by atoms with Gasteiger partial charge in [-0.3, -0.25) is 4.79 Å². The van der Waals surface area contributed by atoms with Gasteiger partial charge in [-0.15, -0.1) is 0 Å². The van der Waals surface area contributed by atoms with E-state index in [0.717, 1.165) is 43.1 Å². The Kier molecular flexibility index (Phi) is 9.17. The van der Waals surface area contributed by atoms with E-state index in [0.29, 0.717) is 34.5 Å². The van der Waals surface area contributed by atoms with Crippen LogP contribution in [0.3, 0.4) is 0 Å². The van der Waals surface area contributed by atoms with Crippen molar-refractivity contribution in [2.24, 2.45) is 39.4 Å². The predicted octanol–water partition coefficient (Wildman–Crippen LogP) is 10.2. The highest BCUT2D eigenvalue weighted by molar-refractivity contribution is 5.69. The summed E-state index contributed by atoms with van der Waals surface area (Å²) in [5, 5.41) is 0. The van der Waals surface area contributed by atoms with Crippen molar-refractivity contribution in [1.82, 2.24) is 0 Å². The van der Waals surface area contributed by atoms with Crippen molar-refractivity contribution >= 4 is 17.3 Å². The molecular formula is C40H62N2O2. The minimum atomic E-state index is -0.0593. The van der Waals surface area contributed by atoms with Gasteiger partial charge in [0.25, 0.3) is 0 Å². The number of nitrogens with two attached hydrogens (primary N) is 2. The maximum atomic E-state index is 13.1. The summed E-state index contributed by atoms with van der Waals surface area (Å²) in [5.41, 5.74) is 20.3. The molecule has 7 unspecified atom stereocenters. The highest BCUT2D eigenvalue weighted by Crippen LogP contribution is 2.72. The molecule has 4 aliphatic rings. The number of nitrogen functional groups attached to an aromatic ring is 2. The van der Waals surface area contributed by atoms with Crippen LogP contribution in [0.1, 0.15) is 138 Å². The molecule has 1 aromatic rings. The van der Waals surface area contributed by atoms with Crippen LogP contribution in [-0.2, 0) is 16.0 Å². The average Bonchev–Trinajstić information content (AvgIpc) is 3.21. The Bertz CT molecular complexity index is 1280. The fraction of sp³-hybridized carbons (Fsp3) is 0.725. The lowest BCUT2D eigenvalue weighted by atomic mass is 9.43. The van der Waals surface area contributed by atoms with Gasteiger partial charge in [-0.25, -0.2) is 0 Å². The molecule has 0 aliphatic heterocycles. The van der Waals surface area contributed by atoms with Gasteiger partial charge in [0.15, 0.2) is 0 Å². The molecule has 4 nitrogen and oxygen atoms in total. The Morgan fingerprint density at radius 2 is 1.66 bits per heavy atom. The number of hydrogen-bond acceptors (Lipinski definition) is 4. The monoisotopic (exact) mass is 602 g/mol. The fourth-order valence-corrected chi connectivity index (χ4v) is 11.2. The van der Waals surface area contributed by atoms with Crippen molar-refractivity contribution in [3.8, 4) is 0 Å². The van der Waals surface area contributed by atoms with Crippen molar-refractivity contribution in [1.29, 1.82) is 0 Å².